The number of halogens is 1. The zero-order valence-electron chi connectivity index (χ0n) is 11.3. The van der Waals surface area contributed by atoms with E-state index in [1.807, 2.05) is 6.07 Å². The van der Waals surface area contributed by atoms with Crippen molar-refractivity contribution in [1.82, 2.24) is 0 Å². The van der Waals surface area contributed by atoms with E-state index in [2.05, 4.69) is 35.0 Å². The fourth-order valence-corrected chi connectivity index (χ4v) is 1.85. The molecule has 0 spiro atoms. The lowest BCUT2D eigenvalue weighted by molar-refractivity contribution is 0.184. The van der Waals surface area contributed by atoms with Crippen molar-refractivity contribution in [3.8, 4) is 0 Å². The summed E-state index contributed by atoms with van der Waals surface area (Å²) in [5.41, 5.74) is 7.99. The summed E-state index contributed by atoms with van der Waals surface area (Å²) in [5, 5.41) is 8.07. The van der Waals surface area contributed by atoms with Crippen LogP contribution in [0.2, 0.25) is 0 Å². The van der Waals surface area contributed by atoms with E-state index in [0.29, 0.717) is 19.8 Å². The fourth-order valence-electron chi connectivity index (χ4n) is 1.44. The molecule has 3 N–H and O–H groups in total. The molecule has 0 unspecified atom stereocenters. The first-order chi connectivity index (χ1) is 8.69. The summed E-state index contributed by atoms with van der Waals surface area (Å²) in [5.74, 6) is 0. The fraction of sp³-hybridized carbons (Fsp3) is 0.571. The minimum Gasteiger partial charge on any atom is -0.396 e. The Balaban J connectivity index is 0.000000494. The van der Waals surface area contributed by atoms with E-state index in [9.17, 15) is 0 Å². The first-order valence-electron chi connectivity index (χ1n) is 6.26. The molecule has 0 aliphatic rings. The van der Waals surface area contributed by atoms with Crippen molar-refractivity contribution in [2.75, 3.05) is 20.3 Å². The second-order valence-electron chi connectivity index (χ2n) is 3.96. The molecule has 104 valence electrons. The maximum Gasteiger partial charge on any atom is 0.0716 e. The molecule has 0 bridgehead atoms. The molecule has 0 saturated carbocycles. The Morgan fingerprint density at radius 3 is 2.50 bits per heavy atom. The lowest BCUT2D eigenvalue weighted by Crippen LogP contribution is -2.05. The van der Waals surface area contributed by atoms with Crippen LogP contribution in [0.25, 0.3) is 0 Å². The Morgan fingerprint density at radius 1 is 1.33 bits per heavy atom. The topological polar surface area (TPSA) is 55.5 Å². The first kappa shape index (κ1) is 17.6. The van der Waals surface area contributed by atoms with Gasteiger partial charge >= 0.3 is 0 Å². The Hall–Kier alpha value is -0.420. The molecule has 1 aromatic carbocycles. The molecule has 0 atom stereocenters. The van der Waals surface area contributed by atoms with Crippen LogP contribution >= 0.6 is 15.9 Å². The highest BCUT2D eigenvalue weighted by Crippen LogP contribution is 2.17. The van der Waals surface area contributed by atoms with E-state index in [1.165, 1.54) is 11.1 Å². The summed E-state index contributed by atoms with van der Waals surface area (Å²) >= 11 is 3.43. The Labute approximate surface area is 118 Å². The average molecular weight is 318 g/mol. The van der Waals surface area contributed by atoms with Crippen molar-refractivity contribution in [2.45, 2.75) is 32.8 Å². The van der Waals surface area contributed by atoms with Crippen molar-refractivity contribution >= 4 is 15.9 Å². The second kappa shape index (κ2) is 11.7. The predicted octanol–water partition coefficient (Wildman–Crippen LogP) is 2.88. The van der Waals surface area contributed by atoms with Gasteiger partial charge in [-0.25, -0.2) is 0 Å². The van der Waals surface area contributed by atoms with E-state index >= 15 is 0 Å². The smallest absolute Gasteiger partial charge is 0.0716 e. The van der Waals surface area contributed by atoms with Crippen LogP contribution in [0.4, 0.5) is 0 Å². The van der Waals surface area contributed by atoms with Crippen molar-refractivity contribution in [2.24, 2.45) is 5.73 Å². The lowest BCUT2D eigenvalue weighted by atomic mass is 10.1. The zero-order valence-corrected chi connectivity index (χ0v) is 12.9. The molecule has 0 aliphatic carbocycles. The summed E-state index contributed by atoms with van der Waals surface area (Å²) in [4.78, 5) is 0. The van der Waals surface area contributed by atoms with E-state index < -0.39 is 0 Å². The van der Waals surface area contributed by atoms with Crippen LogP contribution in [0.15, 0.2) is 22.7 Å². The molecular formula is C14H24BrNO2. The van der Waals surface area contributed by atoms with E-state index in [4.69, 9.17) is 15.6 Å². The van der Waals surface area contributed by atoms with Gasteiger partial charge in [0.05, 0.1) is 6.61 Å². The lowest BCUT2D eigenvalue weighted by Gasteiger charge is -2.08. The highest BCUT2D eigenvalue weighted by molar-refractivity contribution is 9.10. The largest absolute Gasteiger partial charge is 0.396 e. The van der Waals surface area contributed by atoms with E-state index in [0.717, 1.165) is 23.7 Å². The monoisotopic (exact) mass is 317 g/mol. The zero-order chi connectivity index (χ0) is 13.8. The molecule has 0 aromatic heterocycles. The molecule has 18 heavy (non-hydrogen) atoms. The van der Waals surface area contributed by atoms with Crippen molar-refractivity contribution in [3.05, 3.63) is 33.8 Å². The minimum absolute atomic E-state index is 0.344. The van der Waals surface area contributed by atoms with Crippen LogP contribution < -0.4 is 5.73 Å². The molecule has 1 aromatic rings. The molecule has 4 heteroatoms. The van der Waals surface area contributed by atoms with Crippen LogP contribution in [0.1, 0.15) is 30.9 Å². The van der Waals surface area contributed by atoms with Crippen molar-refractivity contribution < 1.29 is 9.84 Å². The van der Waals surface area contributed by atoms with Gasteiger partial charge in [-0.1, -0.05) is 35.3 Å². The van der Waals surface area contributed by atoms with Gasteiger partial charge in [0.2, 0.25) is 0 Å². The van der Waals surface area contributed by atoms with E-state index in [-0.39, 0.29) is 0 Å². The predicted molar refractivity (Wildman–Crippen MR) is 79.6 cm³/mol. The second-order valence-corrected chi connectivity index (χ2v) is 4.88. The van der Waals surface area contributed by atoms with Crippen molar-refractivity contribution in [1.29, 1.82) is 0 Å². The minimum atomic E-state index is 0.344. The van der Waals surface area contributed by atoms with Gasteiger partial charge in [0.1, 0.15) is 0 Å². The van der Waals surface area contributed by atoms with E-state index in [1.54, 1.807) is 7.11 Å². The maximum absolute atomic E-state index is 8.07. The number of nitrogens with two attached hydrogens (primary N) is 1. The number of methoxy groups -OCH3 is 1. The quantitative estimate of drug-likeness (QED) is 0.848. The molecular weight excluding hydrogens is 294 g/mol. The highest BCUT2D eigenvalue weighted by atomic mass is 79.9. The normalized spacial score (nSPS) is 9.83. The number of ether oxygens (including phenoxy) is 1. The third-order valence-electron chi connectivity index (χ3n) is 2.39. The van der Waals surface area contributed by atoms with Gasteiger partial charge in [-0.2, -0.15) is 0 Å². The van der Waals surface area contributed by atoms with Gasteiger partial charge in [0.25, 0.3) is 0 Å². The van der Waals surface area contributed by atoms with Gasteiger partial charge in [-0.15, -0.1) is 0 Å². The maximum atomic E-state index is 8.07. The number of hydrogen-bond donors (Lipinski definition) is 2. The Kier molecular flexibility index (Phi) is 11.4. The number of aliphatic hydroxyl groups is 1. The van der Waals surface area contributed by atoms with Crippen LogP contribution in [0.3, 0.4) is 0 Å². The SMILES string of the molecule is CCCCO.COCc1cc(Br)ccc1CCN. The molecule has 0 saturated heterocycles. The molecule has 0 radical (unpaired) electrons. The van der Waals surface area contributed by atoms with Gasteiger partial charge in [0.15, 0.2) is 0 Å². The van der Waals surface area contributed by atoms with Gasteiger partial charge in [0, 0.05) is 18.2 Å². The van der Waals surface area contributed by atoms with Crippen LogP contribution in [-0.2, 0) is 17.8 Å². The number of rotatable bonds is 6. The summed E-state index contributed by atoms with van der Waals surface area (Å²) in [6.07, 6.45) is 2.95. The third kappa shape index (κ3) is 7.82. The highest BCUT2D eigenvalue weighted by Gasteiger charge is 2.01. The number of hydrogen-bond acceptors (Lipinski definition) is 3. The van der Waals surface area contributed by atoms with Crippen LogP contribution in [0.5, 0.6) is 0 Å². The molecule has 1 rings (SSSR count). The first-order valence-corrected chi connectivity index (χ1v) is 7.06. The Bertz CT molecular complexity index is 317. The summed E-state index contributed by atoms with van der Waals surface area (Å²) in [7, 11) is 1.70. The van der Waals surface area contributed by atoms with Gasteiger partial charge in [-0.3, -0.25) is 0 Å². The van der Waals surface area contributed by atoms with Gasteiger partial charge in [-0.05, 0) is 42.6 Å². The van der Waals surface area contributed by atoms with Crippen molar-refractivity contribution in [3.63, 3.8) is 0 Å². The number of aliphatic hydroxyl groups excluding tert-OH is 1. The number of benzene rings is 1. The average Bonchev–Trinajstić information content (AvgIpc) is 2.35. The molecule has 0 fully saturated rings. The Morgan fingerprint density at radius 2 is 2.06 bits per heavy atom. The molecule has 3 nitrogen and oxygen atoms in total. The molecule has 0 aliphatic heterocycles. The van der Waals surface area contributed by atoms with Crippen LogP contribution in [-0.4, -0.2) is 25.4 Å². The summed E-state index contributed by atoms with van der Waals surface area (Å²) in [6, 6.07) is 6.20. The molecule has 0 amide bonds. The molecule has 0 heterocycles. The summed E-state index contributed by atoms with van der Waals surface area (Å²) in [6.45, 7) is 3.72. The standard InChI is InChI=1S/C10H14BrNO.C4H10O/c1-13-7-9-6-10(11)3-2-8(9)4-5-12;1-2-3-4-5/h2-3,6H,4-5,7,12H2,1H3;5H,2-4H2,1H3. The summed E-state index contributed by atoms with van der Waals surface area (Å²) < 4.78 is 6.19. The van der Waals surface area contributed by atoms with Crippen LogP contribution in [0, 0.1) is 0 Å². The third-order valence-corrected chi connectivity index (χ3v) is 2.89. The van der Waals surface area contributed by atoms with Gasteiger partial charge < -0.3 is 15.6 Å². The number of unbranched alkanes of at least 4 members (excludes halogenated alkanes) is 1.